The van der Waals surface area contributed by atoms with Crippen LogP contribution >= 0.6 is 11.8 Å². The van der Waals surface area contributed by atoms with Gasteiger partial charge in [0.1, 0.15) is 5.03 Å². The standard InChI is InChI=1S/C11H9N3OS/c1-8(15)9-3-4-10(14-7-9)16-11-12-5-2-6-13-11/h2-7H,1H3. The van der Waals surface area contributed by atoms with E-state index in [1.54, 1.807) is 36.8 Å². The normalized spacial score (nSPS) is 10.1. The first-order valence-corrected chi connectivity index (χ1v) is 5.49. The quantitative estimate of drug-likeness (QED) is 0.599. The van der Waals surface area contributed by atoms with Crippen LogP contribution in [0.15, 0.2) is 47.0 Å². The molecule has 0 unspecified atom stereocenters. The largest absolute Gasteiger partial charge is 0.294 e. The van der Waals surface area contributed by atoms with Crippen molar-refractivity contribution >= 4 is 17.5 Å². The van der Waals surface area contributed by atoms with E-state index in [2.05, 4.69) is 15.0 Å². The Kier molecular flexibility index (Phi) is 3.26. The highest BCUT2D eigenvalue weighted by Gasteiger charge is 2.03. The topological polar surface area (TPSA) is 55.7 Å². The molecule has 0 aromatic carbocycles. The zero-order valence-corrected chi connectivity index (χ0v) is 9.44. The summed E-state index contributed by atoms with van der Waals surface area (Å²) < 4.78 is 0. The minimum absolute atomic E-state index is 0.0139. The summed E-state index contributed by atoms with van der Waals surface area (Å²) in [6, 6.07) is 5.30. The molecule has 80 valence electrons. The van der Waals surface area contributed by atoms with E-state index in [-0.39, 0.29) is 5.78 Å². The van der Waals surface area contributed by atoms with Gasteiger partial charge in [0.15, 0.2) is 10.9 Å². The zero-order chi connectivity index (χ0) is 11.4. The Bertz CT molecular complexity index is 484. The summed E-state index contributed by atoms with van der Waals surface area (Å²) in [7, 11) is 0. The smallest absolute Gasteiger partial charge is 0.193 e. The van der Waals surface area contributed by atoms with Crippen molar-refractivity contribution < 1.29 is 4.79 Å². The van der Waals surface area contributed by atoms with Crippen LogP contribution in [-0.2, 0) is 0 Å². The van der Waals surface area contributed by atoms with Gasteiger partial charge >= 0.3 is 0 Å². The third kappa shape index (κ3) is 2.64. The van der Waals surface area contributed by atoms with Gasteiger partial charge in [-0.2, -0.15) is 0 Å². The van der Waals surface area contributed by atoms with Crippen molar-refractivity contribution in [1.29, 1.82) is 0 Å². The molecule has 0 aliphatic heterocycles. The minimum atomic E-state index is 0.0139. The summed E-state index contributed by atoms with van der Waals surface area (Å²) in [5.74, 6) is 0.0139. The summed E-state index contributed by atoms with van der Waals surface area (Å²) in [4.78, 5) is 23.4. The van der Waals surface area contributed by atoms with E-state index >= 15 is 0 Å². The third-order valence-electron chi connectivity index (χ3n) is 1.88. The van der Waals surface area contributed by atoms with Crippen LogP contribution in [0.25, 0.3) is 0 Å². The second kappa shape index (κ2) is 4.85. The van der Waals surface area contributed by atoms with Crippen LogP contribution in [0.4, 0.5) is 0 Å². The summed E-state index contributed by atoms with van der Waals surface area (Å²) >= 11 is 1.36. The van der Waals surface area contributed by atoms with Crippen molar-refractivity contribution in [2.45, 2.75) is 17.1 Å². The van der Waals surface area contributed by atoms with Crippen LogP contribution in [0.2, 0.25) is 0 Å². The molecule has 2 heterocycles. The molecule has 0 aliphatic rings. The van der Waals surface area contributed by atoms with E-state index in [1.807, 2.05) is 0 Å². The number of Topliss-reactive ketones (excluding diaryl/α,β-unsaturated/α-hetero) is 1. The van der Waals surface area contributed by atoms with Crippen LogP contribution < -0.4 is 0 Å². The van der Waals surface area contributed by atoms with Gasteiger partial charge in [0.25, 0.3) is 0 Å². The average molecular weight is 231 g/mol. The number of carbonyl (C=O) groups excluding carboxylic acids is 1. The number of aromatic nitrogens is 3. The lowest BCUT2D eigenvalue weighted by molar-refractivity contribution is 0.101. The van der Waals surface area contributed by atoms with Crippen molar-refractivity contribution in [3.63, 3.8) is 0 Å². The van der Waals surface area contributed by atoms with E-state index in [0.29, 0.717) is 10.7 Å². The molecule has 0 atom stereocenters. The van der Waals surface area contributed by atoms with Crippen LogP contribution in [-0.4, -0.2) is 20.7 Å². The maximum atomic E-state index is 11.0. The van der Waals surface area contributed by atoms with Crippen molar-refractivity contribution in [3.8, 4) is 0 Å². The molecule has 4 nitrogen and oxygen atoms in total. The third-order valence-corrected chi connectivity index (χ3v) is 2.72. The Morgan fingerprint density at radius 2 is 1.94 bits per heavy atom. The van der Waals surface area contributed by atoms with E-state index in [4.69, 9.17) is 0 Å². The van der Waals surface area contributed by atoms with E-state index in [1.165, 1.54) is 18.7 Å². The molecule has 16 heavy (non-hydrogen) atoms. The lowest BCUT2D eigenvalue weighted by Crippen LogP contribution is -1.93. The molecule has 2 rings (SSSR count). The van der Waals surface area contributed by atoms with Gasteiger partial charge in [-0.1, -0.05) is 0 Å². The molecule has 0 saturated heterocycles. The fraction of sp³-hybridized carbons (Fsp3) is 0.0909. The number of nitrogens with zero attached hydrogens (tertiary/aromatic N) is 3. The van der Waals surface area contributed by atoms with Gasteiger partial charge in [0, 0.05) is 24.2 Å². The van der Waals surface area contributed by atoms with E-state index in [0.717, 1.165) is 5.03 Å². The highest BCUT2D eigenvalue weighted by molar-refractivity contribution is 7.99. The molecule has 0 amide bonds. The first-order chi connectivity index (χ1) is 7.75. The fourth-order valence-corrected chi connectivity index (χ4v) is 1.74. The molecule has 0 saturated carbocycles. The molecule has 0 radical (unpaired) electrons. The predicted molar refractivity (Wildman–Crippen MR) is 60.4 cm³/mol. The molecule has 0 N–H and O–H groups in total. The first kappa shape index (κ1) is 10.8. The van der Waals surface area contributed by atoms with Crippen molar-refractivity contribution in [3.05, 3.63) is 42.4 Å². The highest BCUT2D eigenvalue weighted by atomic mass is 32.2. The Balaban J connectivity index is 2.14. The molecule has 0 spiro atoms. The highest BCUT2D eigenvalue weighted by Crippen LogP contribution is 2.21. The van der Waals surface area contributed by atoms with Crippen LogP contribution in [0.5, 0.6) is 0 Å². The summed E-state index contributed by atoms with van der Waals surface area (Å²) in [5, 5.41) is 1.42. The monoisotopic (exact) mass is 231 g/mol. The van der Waals surface area contributed by atoms with Gasteiger partial charge in [-0.25, -0.2) is 15.0 Å². The minimum Gasteiger partial charge on any atom is -0.294 e. The number of hydrogen-bond acceptors (Lipinski definition) is 5. The Hall–Kier alpha value is -1.75. The molecule has 0 bridgehead atoms. The zero-order valence-electron chi connectivity index (χ0n) is 8.62. The average Bonchev–Trinajstić information content (AvgIpc) is 2.31. The van der Waals surface area contributed by atoms with Crippen molar-refractivity contribution in [1.82, 2.24) is 15.0 Å². The first-order valence-electron chi connectivity index (χ1n) is 4.67. The maximum Gasteiger partial charge on any atom is 0.193 e. The van der Waals surface area contributed by atoms with Crippen LogP contribution in [0.3, 0.4) is 0 Å². The van der Waals surface area contributed by atoms with Gasteiger partial charge in [-0.3, -0.25) is 4.79 Å². The Morgan fingerprint density at radius 1 is 1.19 bits per heavy atom. The molecular formula is C11H9N3OS. The Morgan fingerprint density at radius 3 is 2.50 bits per heavy atom. The van der Waals surface area contributed by atoms with Gasteiger partial charge in [-0.05, 0) is 36.9 Å². The maximum absolute atomic E-state index is 11.0. The number of ketones is 1. The molecule has 2 aromatic rings. The van der Waals surface area contributed by atoms with Crippen molar-refractivity contribution in [2.24, 2.45) is 0 Å². The Labute approximate surface area is 97.2 Å². The number of pyridine rings is 1. The SMILES string of the molecule is CC(=O)c1ccc(Sc2ncccn2)nc1. The van der Waals surface area contributed by atoms with Gasteiger partial charge in [0.05, 0.1) is 0 Å². The molecule has 5 heteroatoms. The van der Waals surface area contributed by atoms with Crippen LogP contribution in [0.1, 0.15) is 17.3 Å². The van der Waals surface area contributed by atoms with Gasteiger partial charge in [-0.15, -0.1) is 0 Å². The fourth-order valence-electron chi connectivity index (χ4n) is 1.08. The summed E-state index contributed by atoms with van der Waals surface area (Å²) in [6.45, 7) is 1.52. The molecule has 0 fully saturated rings. The van der Waals surface area contributed by atoms with E-state index < -0.39 is 0 Å². The van der Waals surface area contributed by atoms with Gasteiger partial charge < -0.3 is 0 Å². The molecule has 0 aliphatic carbocycles. The second-order valence-electron chi connectivity index (χ2n) is 3.07. The van der Waals surface area contributed by atoms with E-state index in [9.17, 15) is 4.79 Å². The lowest BCUT2D eigenvalue weighted by Gasteiger charge is -1.99. The lowest BCUT2D eigenvalue weighted by atomic mass is 10.2. The van der Waals surface area contributed by atoms with Crippen LogP contribution in [0, 0.1) is 0 Å². The number of hydrogen-bond donors (Lipinski definition) is 0. The molecular weight excluding hydrogens is 222 g/mol. The number of carbonyl (C=O) groups is 1. The van der Waals surface area contributed by atoms with Gasteiger partial charge in [0.2, 0.25) is 0 Å². The second-order valence-corrected chi connectivity index (χ2v) is 4.06. The number of rotatable bonds is 3. The summed E-state index contributed by atoms with van der Waals surface area (Å²) in [5.41, 5.74) is 0.610. The molecule has 2 aromatic heterocycles. The predicted octanol–water partition coefficient (Wildman–Crippen LogP) is 2.23. The van der Waals surface area contributed by atoms with Crippen molar-refractivity contribution in [2.75, 3.05) is 0 Å². The summed E-state index contributed by atoms with van der Waals surface area (Å²) in [6.07, 6.45) is 4.92.